The largest absolute Gasteiger partial charge is 0.462 e. The molecule has 1 heterocycles. The van der Waals surface area contributed by atoms with Gasteiger partial charge in [0.15, 0.2) is 6.10 Å². The van der Waals surface area contributed by atoms with Gasteiger partial charge in [0.05, 0.1) is 0 Å². The van der Waals surface area contributed by atoms with Gasteiger partial charge in [-0.15, -0.1) is 0 Å². The third-order valence-corrected chi connectivity index (χ3v) is 3.03. The average Bonchev–Trinajstić information content (AvgIpc) is 2.50. The standard InChI is InChI=1S/C15H22O9/c1-9(16)21-8-13(22-10(2)17)15(23-11(3)18)24-14(19)12-6-4-5-7-20-12/h12-13,15H,4-8H2,1-3H3. The van der Waals surface area contributed by atoms with Gasteiger partial charge < -0.3 is 23.7 Å². The van der Waals surface area contributed by atoms with Gasteiger partial charge in [-0.3, -0.25) is 14.4 Å². The maximum atomic E-state index is 12.1. The van der Waals surface area contributed by atoms with E-state index in [1.165, 1.54) is 0 Å². The third kappa shape index (κ3) is 7.40. The van der Waals surface area contributed by atoms with Crippen molar-refractivity contribution in [2.45, 2.75) is 58.5 Å². The molecule has 0 saturated carbocycles. The first-order chi connectivity index (χ1) is 11.3. The summed E-state index contributed by atoms with van der Waals surface area (Å²) in [4.78, 5) is 45.5. The molecule has 1 saturated heterocycles. The molecule has 1 aliphatic heterocycles. The molecule has 1 fully saturated rings. The van der Waals surface area contributed by atoms with E-state index in [4.69, 9.17) is 23.7 Å². The molecule has 1 rings (SSSR count). The number of esters is 4. The van der Waals surface area contributed by atoms with Crippen LogP contribution >= 0.6 is 0 Å². The van der Waals surface area contributed by atoms with Crippen molar-refractivity contribution in [3.63, 3.8) is 0 Å². The Labute approximate surface area is 139 Å². The highest BCUT2D eigenvalue weighted by Crippen LogP contribution is 2.17. The number of hydrogen-bond donors (Lipinski definition) is 0. The summed E-state index contributed by atoms with van der Waals surface area (Å²) in [6.07, 6.45) is -1.46. The van der Waals surface area contributed by atoms with E-state index in [1.807, 2.05) is 0 Å². The Hall–Kier alpha value is -2.16. The normalized spacial score (nSPS) is 19.5. The first kappa shape index (κ1) is 19.9. The van der Waals surface area contributed by atoms with Crippen molar-refractivity contribution in [3.05, 3.63) is 0 Å². The lowest BCUT2D eigenvalue weighted by Gasteiger charge is -2.28. The lowest BCUT2D eigenvalue weighted by Crippen LogP contribution is -2.44. The Morgan fingerprint density at radius 2 is 1.62 bits per heavy atom. The van der Waals surface area contributed by atoms with Gasteiger partial charge in [-0.2, -0.15) is 0 Å². The number of carbonyl (C=O) groups is 4. The topological polar surface area (TPSA) is 114 Å². The van der Waals surface area contributed by atoms with Gasteiger partial charge in [-0.1, -0.05) is 0 Å². The lowest BCUT2D eigenvalue weighted by atomic mass is 10.1. The predicted molar refractivity (Wildman–Crippen MR) is 77.4 cm³/mol. The molecular formula is C15H22O9. The van der Waals surface area contributed by atoms with Crippen molar-refractivity contribution in [2.75, 3.05) is 13.2 Å². The molecule has 0 bridgehead atoms. The van der Waals surface area contributed by atoms with E-state index >= 15 is 0 Å². The molecular weight excluding hydrogens is 324 g/mol. The average molecular weight is 346 g/mol. The number of hydrogen-bond acceptors (Lipinski definition) is 9. The lowest BCUT2D eigenvalue weighted by molar-refractivity contribution is -0.224. The number of ether oxygens (including phenoxy) is 5. The Morgan fingerprint density at radius 1 is 0.958 bits per heavy atom. The van der Waals surface area contributed by atoms with Gasteiger partial charge in [-0.05, 0) is 19.3 Å². The van der Waals surface area contributed by atoms with E-state index in [-0.39, 0.29) is 0 Å². The minimum atomic E-state index is -1.54. The molecule has 24 heavy (non-hydrogen) atoms. The van der Waals surface area contributed by atoms with Crippen LogP contribution in [0.2, 0.25) is 0 Å². The highest BCUT2D eigenvalue weighted by atomic mass is 16.7. The molecule has 0 aliphatic carbocycles. The molecule has 0 aromatic heterocycles. The van der Waals surface area contributed by atoms with Crippen LogP contribution in [0.1, 0.15) is 40.0 Å². The Morgan fingerprint density at radius 3 is 2.12 bits per heavy atom. The fraction of sp³-hybridized carbons (Fsp3) is 0.733. The van der Waals surface area contributed by atoms with E-state index in [0.29, 0.717) is 13.0 Å². The minimum absolute atomic E-state index is 0.425. The van der Waals surface area contributed by atoms with Crippen LogP contribution in [0, 0.1) is 0 Å². The molecule has 0 aromatic rings. The van der Waals surface area contributed by atoms with Crippen LogP contribution in [0.3, 0.4) is 0 Å². The fourth-order valence-electron chi connectivity index (χ4n) is 2.04. The molecule has 3 unspecified atom stereocenters. The summed E-state index contributed by atoms with van der Waals surface area (Å²) < 4.78 is 25.0. The summed E-state index contributed by atoms with van der Waals surface area (Å²) in [5.74, 6) is -2.83. The molecule has 0 spiro atoms. The van der Waals surface area contributed by atoms with Crippen molar-refractivity contribution in [2.24, 2.45) is 0 Å². The zero-order valence-electron chi connectivity index (χ0n) is 13.9. The minimum Gasteiger partial charge on any atom is -0.462 e. The van der Waals surface area contributed by atoms with E-state index < -0.39 is 49.0 Å². The maximum Gasteiger partial charge on any atom is 0.338 e. The summed E-state index contributed by atoms with van der Waals surface area (Å²) in [6.45, 7) is 3.39. The summed E-state index contributed by atoms with van der Waals surface area (Å²) in [6, 6.07) is 0. The molecule has 0 aromatic carbocycles. The van der Waals surface area contributed by atoms with E-state index in [0.717, 1.165) is 33.6 Å². The third-order valence-electron chi connectivity index (χ3n) is 3.03. The smallest absolute Gasteiger partial charge is 0.338 e. The van der Waals surface area contributed by atoms with Crippen LogP contribution < -0.4 is 0 Å². The van der Waals surface area contributed by atoms with Crippen molar-refractivity contribution in [1.82, 2.24) is 0 Å². The highest BCUT2D eigenvalue weighted by Gasteiger charge is 2.35. The zero-order chi connectivity index (χ0) is 18.1. The summed E-state index contributed by atoms with van der Waals surface area (Å²) in [5.41, 5.74) is 0. The van der Waals surface area contributed by atoms with Crippen molar-refractivity contribution < 1.29 is 42.9 Å². The van der Waals surface area contributed by atoms with Crippen LogP contribution in [0.5, 0.6) is 0 Å². The van der Waals surface area contributed by atoms with Gasteiger partial charge in [0, 0.05) is 27.4 Å². The van der Waals surface area contributed by atoms with Crippen LogP contribution in [-0.2, 0) is 42.9 Å². The Bertz CT molecular complexity index is 468. The maximum absolute atomic E-state index is 12.1. The molecule has 0 N–H and O–H groups in total. The summed E-state index contributed by atoms with van der Waals surface area (Å²) >= 11 is 0. The fourth-order valence-corrected chi connectivity index (χ4v) is 2.04. The first-order valence-corrected chi connectivity index (χ1v) is 7.59. The molecule has 136 valence electrons. The van der Waals surface area contributed by atoms with Gasteiger partial charge in [0.2, 0.25) is 6.10 Å². The van der Waals surface area contributed by atoms with Crippen molar-refractivity contribution in [1.29, 1.82) is 0 Å². The molecule has 3 atom stereocenters. The van der Waals surface area contributed by atoms with Gasteiger partial charge in [0.1, 0.15) is 6.61 Å². The monoisotopic (exact) mass is 346 g/mol. The van der Waals surface area contributed by atoms with Gasteiger partial charge in [-0.25, -0.2) is 4.79 Å². The molecule has 9 nitrogen and oxygen atoms in total. The second kappa shape index (κ2) is 9.86. The first-order valence-electron chi connectivity index (χ1n) is 7.59. The predicted octanol–water partition coefficient (Wildman–Crippen LogP) is 0.483. The molecule has 0 amide bonds. The Balaban J connectivity index is 2.79. The second-order valence-corrected chi connectivity index (χ2v) is 5.22. The Kier molecular flexibility index (Phi) is 8.17. The summed E-state index contributed by atoms with van der Waals surface area (Å²) in [5, 5.41) is 0. The number of carbonyl (C=O) groups excluding carboxylic acids is 4. The zero-order valence-corrected chi connectivity index (χ0v) is 13.9. The molecule has 1 aliphatic rings. The van der Waals surface area contributed by atoms with Crippen LogP contribution in [0.15, 0.2) is 0 Å². The van der Waals surface area contributed by atoms with E-state index in [9.17, 15) is 19.2 Å². The van der Waals surface area contributed by atoms with E-state index in [1.54, 1.807) is 0 Å². The van der Waals surface area contributed by atoms with Crippen molar-refractivity contribution >= 4 is 23.9 Å². The number of rotatable bonds is 7. The SMILES string of the molecule is CC(=O)OCC(OC(C)=O)C(OC(C)=O)OC(=O)C1CCCCO1. The summed E-state index contributed by atoms with van der Waals surface area (Å²) in [7, 11) is 0. The molecule has 0 radical (unpaired) electrons. The van der Waals surface area contributed by atoms with Crippen LogP contribution in [-0.4, -0.2) is 55.6 Å². The highest BCUT2D eigenvalue weighted by molar-refractivity contribution is 5.75. The van der Waals surface area contributed by atoms with E-state index in [2.05, 4.69) is 0 Å². The van der Waals surface area contributed by atoms with Crippen molar-refractivity contribution in [3.8, 4) is 0 Å². The van der Waals surface area contributed by atoms with Gasteiger partial charge >= 0.3 is 23.9 Å². The van der Waals surface area contributed by atoms with Gasteiger partial charge in [0.25, 0.3) is 6.29 Å². The molecule has 9 heteroatoms. The van der Waals surface area contributed by atoms with Crippen LogP contribution in [0.4, 0.5) is 0 Å². The second-order valence-electron chi connectivity index (χ2n) is 5.22. The quantitative estimate of drug-likeness (QED) is 0.369. The van der Waals surface area contributed by atoms with Crippen LogP contribution in [0.25, 0.3) is 0 Å².